The van der Waals surface area contributed by atoms with Crippen molar-refractivity contribution in [2.45, 2.75) is 90.9 Å². The highest BCUT2D eigenvalue weighted by Gasteiger charge is 2.06. The number of carbonyl (C=O) groups is 2. The minimum absolute atomic E-state index is 0.237. The third-order valence-corrected chi connectivity index (χ3v) is 5.02. The Labute approximate surface area is 207 Å². The lowest BCUT2D eigenvalue weighted by molar-refractivity contribution is -0.147. The summed E-state index contributed by atoms with van der Waals surface area (Å²) in [4.78, 5) is 23.4. The molecule has 0 aliphatic carbocycles. The lowest BCUT2D eigenvalue weighted by Gasteiger charge is -2.08. The molecule has 0 aliphatic heterocycles. The van der Waals surface area contributed by atoms with Crippen molar-refractivity contribution in [2.24, 2.45) is 0 Å². The predicted molar refractivity (Wildman–Crippen MR) is 132 cm³/mol. The van der Waals surface area contributed by atoms with Crippen molar-refractivity contribution in [1.82, 2.24) is 0 Å². The molecule has 202 valence electrons. The standard InChI is InChI=1S/C26H50O8/c1-3-5-7-11-15-29-17-19-31-21-23-33-25(27)13-9-10-14-26(28)34-24-22-32-20-18-30-16-12-8-6-4-2/h3-24H2,1-2H3. The van der Waals surface area contributed by atoms with E-state index < -0.39 is 0 Å². The van der Waals surface area contributed by atoms with Crippen LogP contribution in [0.25, 0.3) is 0 Å². The van der Waals surface area contributed by atoms with Crippen LogP contribution >= 0.6 is 0 Å². The number of hydrogen-bond acceptors (Lipinski definition) is 8. The molecule has 8 heteroatoms. The largest absolute Gasteiger partial charge is 0.463 e. The van der Waals surface area contributed by atoms with Crippen molar-refractivity contribution < 1.29 is 38.0 Å². The van der Waals surface area contributed by atoms with Gasteiger partial charge in [0.25, 0.3) is 0 Å². The second-order valence-corrected chi connectivity index (χ2v) is 8.22. The number of ether oxygens (including phenoxy) is 6. The average Bonchev–Trinajstić information content (AvgIpc) is 2.83. The lowest BCUT2D eigenvalue weighted by Crippen LogP contribution is -2.14. The maximum absolute atomic E-state index is 11.7. The quantitative estimate of drug-likeness (QED) is 0.119. The van der Waals surface area contributed by atoms with Crippen LogP contribution in [-0.2, 0) is 38.0 Å². The van der Waals surface area contributed by atoms with Crippen molar-refractivity contribution in [3.63, 3.8) is 0 Å². The summed E-state index contributed by atoms with van der Waals surface area (Å²) >= 11 is 0. The molecule has 0 aromatic carbocycles. The maximum atomic E-state index is 11.7. The summed E-state index contributed by atoms with van der Waals surface area (Å²) in [7, 11) is 0. The van der Waals surface area contributed by atoms with Gasteiger partial charge in [-0.1, -0.05) is 52.4 Å². The molecule has 0 rings (SSSR count). The van der Waals surface area contributed by atoms with Gasteiger partial charge >= 0.3 is 11.9 Å². The Bertz CT molecular complexity index is 405. The number of rotatable bonds is 27. The van der Waals surface area contributed by atoms with Crippen LogP contribution in [0, 0.1) is 0 Å². The number of hydrogen-bond donors (Lipinski definition) is 0. The molecule has 0 spiro atoms. The first-order valence-electron chi connectivity index (χ1n) is 13.3. The molecular formula is C26H50O8. The molecule has 0 saturated carbocycles. The molecule has 0 saturated heterocycles. The monoisotopic (exact) mass is 490 g/mol. The van der Waals surface area contributed by atoms with Gasteiger partial charge in [0, 0.05) is 26.1 Å². The van der Waals surface area contributed by atoms with Gasteiger partial charge in [-0.15, -0.1) is 0 Å². The SMILES string of the molecule is CCCCCCOCCOCCOC(=O)CCCCC(=O)OCCOCCOCCCCCC. The molecule has 0 amide bonds. The fourth-order valence-corrected chi connectivity index (χ4v) is 3.02. The molecule has 0 fully saturated rings. The number of esters is 2. The van der Waals surface area contributed by atoms with Gasteiger partial charge in [-0.25, -0.2) is 0 Å². The second kappa shape index (κ2) is 28.0. The summed E-state index contributed by atoms with van der Waals surface area (Å²) < 4.78 is 31.9. The third-order valence-electron chi connectivity index (χ3n) is 5.02. The summed E-state index contributed by atoms with van der Waals surface area (Å²) in [5.74, 6) is -0.546. The molecule has 34 heavy (non-hydrogen) atoms. The zero-order valence-corrected chi connectivity index (χ0v) is 21.8. The molecular weight excluding hydrogens is 440 g/mol. The van der Waals surface area contributed by atoms with E-state index in [0.717, 1.165) is 26.1 Å². The zero-order valence-electron chi connectivity index (χ0n) is 21.8. The fraction of sp³-hybridized carbons (Fsp3) is 0.923. The summed E-state index contributed by atoms with van der Waals surface area (Å²) in [5, 5.41) is 0. The summed E-state index contributed by atoms with van der Waals surface area (Å²) in [5.41, 5.74) is 0. The van der Waals surface area contributed by atoms with E-state index in [1.54, 1.807) is 0 Å². The molecule has 0 radical (unpaired) electrons. The molecule has 0 unspecified atom stereocenters. The molecule has 0 aromatic rings. The lowest BCUT2D eigenvalue weighted by atomic mass is 10.2. The van der Waals surface area contributed by atoms with Crippen LogP contribution in [0.4, 0.5) is 0 Å². The smallest absolute Gasteiger partial charge is 0.305 e. The van der Waals surface area contributed by atoms with Crippen LogP contribution in [-0.4, -0.2) is 78.0 Å². The molecule has 8 nitrogen and oxygen atoms in total. The van der Waals surface area contributed by atoms with Crippen molar-refractivity contribution in [2.75, 3.05) is 66.1 Å². The average molecular weight is 491 g/mol. The van der Waals surface area contributed by atoms with E-state index in [1.807, 2.05) is 0 Å². The highest BCUT2D eigenvalue weighted by molar-refractivity contribution is 5.70. The topological polar surface area (TPSA) is 89.5 Å². The van der Waals surface area contributed by atoms with Crippen molar-refractivity contribution in [1.29, 1.82) is 0 Å². The third kappa shape index (κ3) is 27.0. The summed E-state index contributed by atoms with van der Waals surface area (Å²) in [6, 6.07) is 0. The zero-order chi connectivity index (χ0) is 25.0. The number of carbonyl (C=O) groups excluding carboxylic acids is 2. The minimum Gasteiger partial charge on any atom is -0.463 e. The van der Waals surface area contributed by atoms with Crippen LogP contribution in [0.15, 0.2) is 0 Å². The van der Waals surface area contributed by atoms with Crippen LogP contribution in [0.1, 0.15) is 90.9 Å². The van der Waals surface area contributed by atoms with E-state index in [0.29, 0.717) is 52.5 Å². The highest BCUT2D eigenvalue weighted by Crippen LogP contribution is 2.03. The van der Waals surface area contributed by atoms with Gasteiger partial charge < -0.3 is 28.4 Å². The predicted octanol–water partition coefficient (Wildman–Crippen LogP) is 4.86. The van der Waals surface area contributed by atoms with Gasteiger partial charge in [-0.2, -0.15) is 0 Å². The first-order chi connectivity index (χ1) is 16.7. The summed E-state index contributed by atoms with van der Waals surface area (Å²) in [6.07, 6.45) is 11.3. The van der Waals surface area contributed by atoms with Crippen molar-refractivity contribution in [3.05, 3.63) is 0 Å². The molecule has 0 heterocycles. The highest BCUT2D eigenvalue weighted by atomic mass is 16.6. The Morgan fingerprint density at radius 1 is 0.412 bits per heavy atom. The van der Waals surface area contributed by atoms with Gasteiger partial charge in [-0.3, -0.25) is 9.59 Å². The molecule has 0 aliphatic rings. The van der Waals surface area contributed by atoms with Crippen LogP contribution in [0.5, 0.6) is 0 Å². The van der Waals surface area contributed by atoms with E-state index in [-0.39, 0.29) is 38.0 Å². The first kappa shape index (κ1) is 32.8. The summed E-state index contributed by atoms with van der Waals surface area (Å²) in [6.45, 7) is 9.26. The Hall–Kier alpha value is -1.22. The van der Waals surface area contributed by atoms with Crippen molar-refractivity contribution >= 4 is 11.9 Å². The van der Waals surface area contributed by atoms with E-state index >= 15 is 0 Å². The van der Waals surface area contributed by atoms with Gasteiger partial charge in [0.15, 0.2) is 0 Å². The van der Waals surface area contributed by atoms with Crippen LogP contribution < -0.4 is 0 Å². The molecule has 0 aromatic heterocycles. The molecule has 0 atom stereocenters. The van der Waals surface area contributed by atoms with E-state index in [1.165, 1.54) is 38.5 Å². The van der Waals surface area contributed by atoms with Crippen molar-refractivity contribution in [3.8, 4) is 0 Å². The van der Waals surface area contributed by atoms with Crippen LogP contribution in [0.2, 0.25) is 0 Å². The Morgan fingerprint density at radius 3 is 1.15 bits per heavy atom. The first-order valence-corrected chi connectivity index (χ1v) is 13.3. The maximum Gasteiger partial charge on any atom is 0.305 e. The second-order valence-electron chi connectivity index (χ2n) is 8.22. The van der Waals surface area contributed by atoms with E-state index in [4.69, 9.17) is 28.4 Å². The normalized spacial score (nSPS) is 11.0. The van der Waals surface area contributed by atoms with Gasteiger partial charge in [-0.05, 0) is 25.7 Å². The van der Waals surface area contributed by atoms with Crippen LogP contribution in [0.3, 0.4) is 0 Å². The molecule has 0 bridgehead atoms. The Kier molecular flexibility index (Phi) is 27.0. The Balaban J connectivity index is 3.28. The Morgan fingerprint density at radius 2 is 0.765 bits per heavy atom. The van der Waals surface area contributed by atoms with E-state index in [2.05, 4.69) is 13.8 Å². The molecule has 0 N–H and O–H groups in total. The van der Waals surface area contributed by atoms with Gasteiger partial charge in [0.1, 0.15) is 13.2 Å². The van der Waals surface area contributed by atoms with Gasteiger partial charge in [0.05, 0.1) is 39.6 Å². The number of unbranched alkanes of at least 4 members (excludes halogenated alkanes) is 7. The van der Waals surface area contributed by atoms with Gasteiger partial charge in [0.2, 0.25) is 0 Å². The minimum atomic E-state index is -0.273. The fourth-order valence-electron chi connectivity index (χ4n) is 3.02. The van der Waals surface area contributed by atoms with E-state index in [9.17, 15) is 9.59 Å².